The lowest BCUT2D eigenvalue weighted by Gasteiger charge is -2.32. The van der Waals surface area contributed by atoms with E-state index in [9.17, 15) is 18.0 Å². The lowest BCUT2D eigenvalue weighted by molar-refractivity contribution is -0.137. The summed E-state index contributed by atoms with van der Waals surface area (Å²) >= 11 is 0. The van der Waals surface area contributed by atoms with Gasteiger partial charge in [0, 0.05) is 26.2 Å². The first-order chi connectivity index (χ1) is 13.9. The molecule has 1 aromatic heterocycles. The predicted molar refractivity (Wildman–Crippen MR) is 99.1 cm³/mol. The Morgan fingerprint density at radius 1 is 1.28 bits per heavy atom. The minimum atomic E-state index is -4.33. The summed E-state index contributed by atoms with van der Waals surface area (Å²) in [7, 11) is 0. The fraction of sp³-hybridized carbons (Fsp3) is 0.526. The van der Waals surface area contributed by atoms with Crippen LogP contribution in [-0.2, 0) is 12.7 Å². The number of aliphatic hydroxyl groups excluding tert-OH is 1. The van der Waals surface area contributed by atoms with Crippen molar-refractivity contribution in [3.05, 3.63) is 47.3 Å². The molecule has 1 atom stereocenters. The lowest BCUT2D eigenvalue weighted by atomic mass is 10.0. The molecule has 3 rings (SSSR count). The first-order valence-corrected chi connectivity index (χ1v) is 9.56. The maximum atomic E-state index is 12.7. The highest BCUT2D eigenvalue weighted by atomic mass is 19.4. The molecule has 1 aliphatic rings. The van der Waals surface area contributed by atoms with E-state index in [-0.39, 0.29) is 24.2 Å². The molecule has 2 aromatic rings. The van der Waals surface area contributed by atoms with Crippen molar-refractivity contribution in [1.29, 1.82) is 0 Å². The Morgan fingerprint density at radius 3 is 2.72 bits per heavy atom. The molecule has 1 fully saturated rings. The summed E-state index contributed by atoms with van der Waals surface area (Å²) in [6.45, 7) is 2.45. The van der Waals surface area contributed by atoms with Crippen LogP contribution in [0.1, 0.15) is 46.9 Å². The van der Waals surface area contributed by atoms with Gasteiger partial charge in [-0.25, -0.2) is 4.68 Å². The number of carbonyl (C=O) groups excluding carboxylic acids is 1. The number of nitrogens with one attached hydrogen (secondary N) is 1. The van der Waals surface area contributed by atoms with E-state index in [2.05, 4.69) is 20.5 Å². The fourth-order valence-corrected chi connectivity index (χ4v) is 3.38. The van der Waals surface area contributed by atoms with E-state index in [0.29, 0.717) is 26.1 Å². The fourth-order valence-electron chi connectivity index (χ4n) is 3.38. The number of aromatic nitrogens is 3. The molecule has 0 saturated carbocycles. The number of alkyl halides is 3. The molecule has 2 heterocycles. The molecule has 0 spiro atoms. The standard InChI is InChI=1S/C19H24F3N5O2/c20-19(21,22)15-6-4-14(5-7-15)11-26-9-1-3-16(12-26)27-13-17(24-25-27)18(29)23-8-2-10-28/h4-7,13,16,28H,1-3,8-12H2,(H,23,29)/t16-/m0/s1. The minimum absolute atomic E-state index is 0.00378. The summed E-state index contributed by atoms with van der Waals surface area (Å²) in [6, 6.07) is 5.28. The van der Waals surface area contributed by atoms with Crippen molar-refractivity contribution < 1.29 is 23.1 Å². The molecule has 7 nitrogen and oxygen atoms in total. The number of piperidine rings is 1. The second-order valence-electron chi connectivity index (χ2n) is 7.14. The zero-order valence-electron chi connectivity index (χ0n) is 15.9. The molecule has 1 aliphatic heterocycles. The molecule has 1 saturated heterocycles. The highest BCUT2D eigenvalue weighted by Crippen LogP contribution is 2.29. The third kappa shape index (κ3) is 5.77. The molecular formula is C19H24F3N5O2. The molecule has 0 radical (unpaired) electrons. The number of rotatable bonds is 7. The van der Waals surface area contributed by atoms with Gasteiger partial charge in [0.1, 0.15) is 0 Å². The first kappa shape index (κ1) is 21.3. The van der Waals surface area contributed by atoms with Gasteiger partial charge in [-0.1, -0.05) is 17.3 Å². The van der Waals surface area contributed by atoms with Gasteiger partial charge in [-0.3, -0.25) is 9.69 Å². The third-order valence-electron chi connectivity index (χ3n) is 4.91. The summed E-state index contributed by atoms with van der Waals surface area (Å²) in [4.78, 5) is 14.2. The molecule has 158 valence electrons. The summed E-state index contributed by atoms with van der Waals surface area (Å²) in [5.41, 5.74) is 0.397. The van der Waals surface area contributed by atoms with Gasteiger partial charge in [0.25, 0.3) is 5.91 Å². The van der Waals surface area contributed by atoms with Gasteiger partial charge in [-0.05, 0) is 43.5 Å². The van der Waals surface area contributed by atoms with Crippen LogP contribution in [0.5, 0.6) is 0 Å². The summed E-state index contributed by atoms with van der Waals surface area (Å²) in [5, 5.41) is 19.4. The molecule has 29 heavy (non-hydrogen) atoms. The number of nitrogens with zero attached hydrogens (tertiary/aromatic N) is 4. The van der Waals surface area contributed by atoms with Crippen LogP contribution >= 0.6 is 0 Å². The van der Waals surface area contributed by atoms with Gasteiger partial charge >= 0.3 is 6.18 Å². The monoisotopic (exact) mass is 411 g/mol. The van der Waals surface area contributed by atoms with E-state index in [1.807, 2.05) is 0 Å². The normalized spacial score (nSPS) is 18.0. The number of carbonyl (C=O) groups is 1. The summed E-state index contributed by atoms with van der Waals surface area (Å²) in [5.74, 6) is -0.331. The Morgan fingerprint density at radius 2 is 2.03 bits per heavy atom. The van der Waals surface area contributed by atoms with Crippen LogP contribution in [0.2, 0.25) is 0 Å². The average Bonchev–Trinajstić information content (AvgIpc) is 3.18. The van der Waals surface area contributed by atoms with E-state index in [1.165, 1.54) is 12.1 Å². The highest BCUT2D eigenvalue weighted by Gasteiger charge is 2.30. The maximum absolute atomic E-state index is 12.7. The largest absolute Gasteiger partial charge is 0.416 e. The van der Waals surface area contributed by atoms with Crippen molar-refractivity contribution in [3.63, 3.8) is 0 Å². The topological polar surface area (TPSA) is 83.3 Å². The van der Waals surface area contributed by atoms with Crippen molar-refractivity contribution in [1.82, 2.24) is 25.2 Å². The van der Waals surface area contributed by atoms with E-state index >= 15 is 0 Å². The smallest absolute Gasteiger partial charge is 0.396 e. The van der Waals surface area contributed by atoms with Gasteiger partial charge < -0.3 is 10.4 Å². The quantitative estimate of drug-likeness (QED) is 0.683. The van der Waals surface area contributed by atoms with Gasteiger partial charge in [-0.2, -0.15) is 13.2 Å². The van der Waals surface area contributed by atoms with Crippen molar-refractivity contribution in [2.45, 2.75) is 38.0 Å². The SMILES string of the molecule is O=C(NCCCO)c1cn([C@H]2CCCN(Cc3ccc(C(F)(F)F)cc3)C2)nn1. The van der Waals surface area contributed by atoms with Gasteiger partial charge in [0.2, 0.25) is 0 Å². The highest BCUT2D eigenvalue weighted by molar-refractivity contribution is 5.91. The molecule has 0 aliphatic carbocycles. The molecular weight excluding hydrogens is 387 g/mol. The third-order valence-corrected chi connectivity index (χ3v) is 4.91. The van der Waals surface area contributed by atoms with E-state index in [1.54, 1.807) is 10.9 Å². The molecule has 10 heteroatoms. The van der Waals surface area contributed by atoms with Crippen LogP contribution in [0, 0.1) is 0 Å². The second kappa shape index (κ2) is 9.36. The zero-order valence-corrected chi connectivity index (χ0v) is 15.9. The van der Waals surface area contributed by atoms with Crippen LogP contribution in [0.25, 0.3) is 0 Å². The van der Waals surface area contributed by atoms with Crippen molar-refractivity contribution in [3.8, 4) is 0 Å². The lowest BCUT2D eigenvalue weighted by Crippen LogP contribution is -2.36. The molecule has 0 bridgehead atoms. The van der Waals surface area contributed by atoms with Crippen molar-refractivity contribution in [2.75, 3.05) is 26.2 Å². The Kier molecular flexibility index (Phi) is 6.86. The average molecular weight is 411 g/mol. The van der Waals surface area contributed by atoms with Crippen LogP contribution in [0.3, 0.4) is 0 Å². The van der Waals surface area contributed by atoms with E-state index in [0.717, 1.165) is 37.1 Å². The van der Waals surface area contributed by atoms with Crippen LogP contribution in [0.4, 0.5) is 13.2 Å². The molecule has 1 aromatic carbocycles. The van der Waals surface area contributed by atoms with Crippen molar-refractivity contribution in [2.24, 2.45) is 0 Å². The van der Waals surface area contributed by atoms with Gasteiger partial charge in [-0.15, -0.1) is 5.10 Å². The number of amides is 1. The molecule has 0 unspecified atom stereocenters. The van der Waals surface area contributed by atoms with Crippen molar-refractivity contribution >= 4 is 5.91 Å². The van der Waals surface area contributed by atoms with E-state index in [4.69, 9.17) is 5.11 Å². The number of halogens is 3. The number of hydrogen-bond donors (Lipinski definition) is 2. The molecule has 2 N–H and O–H groups in total. The Hall–Kier alpha value is -2.46. The maximum Gasteiger partial charge on any atom is 0.416 e. The summed E-state index contributed by atoms with van der Waals surface area (Å²) in [6.07, 6.45) is -0.437. The molecule has 1 amide bonds. The van der Waals surface area contributed by atoms with Crippen LogP contribution in [-0.4, -0.2) is 57.1 Å². The van der Waals surface area contributed by atoms with Crippen LogP contribution in [0.15, 0.2) is 30.5 Å². The first-order valence-electron chi connectivity index (χ1n) is 9.56. The second-order valence-corrected chi connectivity index (χ2v) is 7.14. The number of aliphatic hydroxyl groups is 1. The minimum Gasteiger partial charge on any atom is -0.396 e. The predicted octanol–water partition coefficient (Wildman–Crippen LogP) is 2.25. The Labute approximate surface area is 166 Å². The number of likely N-dealkylation sites (tertiary alicyclic amines) is 1. The van der Waals surface area contributed by atoms with Gasteiger partial charge in [0.15, 0.2) is 5.69 Å². The van der Waals surface area contributed by atoms with E-state index < -0.39 is 11.7 Å². The Bertz CT molecular complexity index is 807. The van der Waals surface area contributed by atoms with Crippen LogP contribution < -0.4 is 5.32 Å². The van der Waals surface area contributed by atoms with Gasteiger partial charge in [0.05, 0.1) is 17.8 Å². The Balaban J connectivity index is 1.57. The summed E-state index contributed by atoms with van der Waals surface area (Å²) < 4.78 is 39.8. The number of benzene rings is 1. The number of hydrogen-bond acceptors (Lipinski definition) is 5. The zero-order chi connectivity index (χ0) is 20.9.